The fourth-order valence-electron chi connectivity index (χ4n) is 2.21. The van der Waals surface area contributed by atoms with Crippen molar-refractivity contribution in [1.82, 2.24) is 4.90 Å². The molecule has 3 heteroatoms. The molecule has 1 aromatic carbocycles. The molecular weight excluding hydrogens is 200 g/mol. The van der Waals surface area contributed by atoms with Gasteiger partial charge >= 0.3 is 0 Å². The van der Waals surface area contributed by atoms with Gasteiger partial charge in [0, 0.05) is 13.1 Å². The third-order valence-corrected chi connectivity index (χ3v) is 3.35. The van der Waals surface area contributed by atoms with Crippen molar-refractivity contribution in [2.75, 3.05) is 19.3 Å². The van der Waals surface area contributed by atoms with Gasteiger partial charge in [-0.1, -0.05) is 0 Å². The molecule has 1 saturated carbocycles. The van der Waals surface area contributed by atoms with Crippen molar-refractivity contribution in [3.8, 4) is 5.75 Å². The standard InChI is InChI=1S/C13H18N2O/c1-15-5-4-9-7-13(16-11-2-3-11)12(14)6-10(9)8-15/h6-7,11H,2-5,8,14H2,1H3. The fourth-order valence-corrected chi connectivity index (χ4v) is 2.21. The van der Waals surface area contributed by atoms with Gasteiger partial charge in [-0.05, 0) is 49.6 Å². The summed E-state index contributed by atoms with van der Waals surface area (Å²) < 4.78 is 5.81. The Morgan fingerprint density at radius 2 is 2.12 bits per heavy atom. The number of fused-ring (bicyclic) bond motifs is 1. The summed E-state index contributed by atoms with van der Waals surface area (Å²) in [5.41, 5.74) is 9.58. The molecule has 0 aromatic heterocycles. The molecule has 1 heterocycles. The fraction of sp³-hybridized carbons (Fsp3) is 0.538. The van der Waals surface area contributed by atoms with Crippen molar-refractivity contribution in [3.63, 3.8) is 0 Å². The Hall–Kier alpha value is -1.22. The number of hydrogen-bond acceptors (Lipinski definition) is 3. The third-order valence-electron chi connectivity index (χ3n) is 3.35. The van der Waals surface area contributed by atoms with Crippen molar-refractivity contribution in [3.05, 3.63) is 23.3 Å². The summed E-state index contributed by atoms with van der Waals surface area (Å²) in [6, 6.07) is 4.23. The molecule has 0 atom stereocenters. The molecule has 16 heavy (non-hydrogen) atoms. The Bertz CT molecular complexity index is 413. The molecule has 86 valence electrons. The number of rotatable bonds is 2. The predicted molar refractivity (Wildman–Crippen MR) is 64.5 cm³/mol. The lowest BCUT2D eigenvalue weighted by atomic mass is 9.99. The SMILES string of the molecule is CN1CCc2cc(OC3CC3)c(N)cc2C1. The van der Waals surface area contributed by atoms with E-state index in [-0.39, 0.29) is 0 Å². The zero-order valence-corrected chi connectivity index (χ0v) is 9.70. The third kappa shape index (κ3) is 1.87. The summed E-state index contributed by atoms with van der Waals surface area (Å²) in [6.45, 7) is 2.13. The summed E-state index contributed by atoms with van der Waals surface area (Å²) in [5, 5.41) is 0. The van der Waals surface area contributed by atoms with E-state index in [9.17, 15) is 0 Å². The Labute approximate surface area is 96.2 Å². The summed E-state index contributed by atoms with van der Waals surface area (Å²) in [4.78, 5) is 2.32. The van der Waals surface area contributed by atoms with E-state index in [2.05, 4.69) is 24.1 Å². The van der Waals surface area contributed by atoms with E-state index in [0.29, 0.717) is 6.10 Å². The number of benzene rings is 1. The molecule has 0 radical (unpaired) electrons. The average molecular weight is 218 g/mol. The molecule has 0 spiro atoms. The largest absolute Gasteiger partial charge is 0.488 e. The quantitative estimate of drug-likeness (QED) is 0.769. The molecule has 3 rings (SSSR count). The zero-order valence-electron chi connectivity index (χ0n) is 9.70. The number of nitrogen functional groups attached to an aromatic ring is 1. The van der Waals surface area contributed by atoms with Gasteiger partial charge in [0.15, 0.2) is 0 Å². The van der Waals surface area contributed by atoms with Crippen LogP contribution in [-0.2, 0) is 13.0 Å². The number of nitrogens with two attached hydrogens (primary N) is 1. The molecule has 1 aromatic rings. The Balaban J connectivity index is 1.90. The normalized spacial score (nSPS) is 20.6. The summed E-state index contributed by atoms with van der Waals surface area (Å²) in [7, 11) is 2.15. The van der Waals surface area contributed by atoms with E-state index in [1.807, 2.05) is 0 Å². The minimum atomic E-state index is 0.423. The highest BCUT2D eigenvalue weighted by Gasteiger charge is 2.25. The first-order valence-corrected chi connectivity index (χ1v) is 5.99. The van der Waals surface area contributed by atoms with Gasteiger partial charge < -0.3 is 15.4 Å². The van der Waals surface area contributed by atoms with Crippen LogP contribution in [-0.4, -0.2) is 24.6 Å². The van der Waals surface area contributed by atoms with Crippen molar-refractivity contribution < 1.29 is 4.74 Å². The number of anilines is 1. The molecule has 1 aliphatic heterocycles. The van der Waals surface area contributed by atoms with E-state index < -0.39 is 0 Å². The molecule has 2 aliphatic rings. The first-order valence-electron chi connectivity index (χ1n) is 5.99. The molecule has 2 N–H and O–H groups in total. The van der Waals surface area contributed by atoms with Crippen LogP contribution >= 0.6 is 0 Å². The summed E-state index contributed by atoms with van der Waals surface area (Å²) in [5.74, 6) is 0.894. The van der Waals surface area contributed by atoms with E-state index in [1.165, 1.54) is 24.0 Å². The van der Waals surface area contributed by atoms with Crippen molar-refractivity contribution in [1.29, 1.82) is 0 Å². The molecule has 0 bridgehead atoms. The zero-order chi connectivity index (χ0) is 11.1. The van der Waals surface area contributed by atoms with Crippen LogP contribution in [0, 0.1) is 0 Å². The van der Waals surface area contributed by atoms with Crippen molar-refractivity contribution in [2.45, 2.75) is 31.9 Å². The lowest BCUT2D eigenvalue weighted by molar-refractivity contribution is 0.298. The van der Waals surface area contributed by atoms with Gasteiger partial charge in [-0.25, -0.2) is 0 Å². The van der Waals surface area contributed by atoms with Crippen LogP contribution in [0.15, 0.2) is 12.1 Å². The predicted octanol–water partition coefficient (Wildman–Crippen LogP) is 1.80. The van der Waals surface area contributed by atoms with Crippen LogP contribution in [0.5, 0.6) is 5.75 Å². The second kappa shape index (κ2) is 3.67. The first-order chi connectivity index (χ1) is 7.72. The van der Waals surface area contributed by atoms with Crippen LogP contribution in [0.2, 0.25) is 0 Å². The highest BCUT2D eigenvalue weighted by atomic mass is 16.5. The number of nitrogens with zero attached hydrogens (tertiary/aromatic N) is 1. The van der Waals surface area contributed by atoms with Gasteiger partial charge in [0.1, 0.15) is 5.75 Å². The number of ether oxygens (including phenoxy) is 1. The van der Waals surface area contributed by atoms with Crippen LogP contribution in [0.3, 0.4) is 0 Å². The van der Waals surface area contributed by atoms with Crippen LogP contribution in [0.1, 0.15) is 24.0 Å². The van der Waals surface area contributed by atoms with E-state index in [4.69, 9.17) is 10.5 Å². The smallest absolute Gasteiger partial charge is 0.142 e. The van der Waals surface area contributed by atoms with Crippen LogP contribution in [0.25, 0.3) is 0 Å². The minimum Gasteiger partial charge on any atom is -0.488 e. The van der Waals surface area contributed by atoms with E-state index in [1.54, 1.807) is 0 Å². The highest BCUT2D eigenvalue weighted by Crippen LogP contribution is 2.34. The van der Waals surface area contributed by atoms with Gasteiger partial charge in [0.2, 0.25) is 0 Å². The molecule has 0 saturated heterocycles. The van der Waals surface area contributed by atoms with Crippen LogP contribution < -0.4 is 10.5 Å². The van der Waals surface area contributed by atoms with Gasteiger partial charge in [-0.3, -0.25) is 0 Å². The van der Waals surface area contributed by atoms with Crippen LogP contribution in [0.4, 0.5) is 5.69 Å². The molecule has 3 nitrogen and oxygen atoms in total. The maximum atomic E-state index is 6.02. The lowest BCUT2D eigenvalue weighted by Crippen LogP contribution is -2.26. The van der Waals surface area contributed by atoms with Gasteiger partial charge in [-0.15, -0.1) is 0 Å². The van der Waals surface area contributed by atoms with Gasteiger partial charge in [0.25, 0.3) is 0 Å². The Kier molecular flexibility index (Phi) is 2.28. The molecular formula is C13H18N2O. The molecule has 1 aliphatic carbocycles. The van der Waals surface area contributed by atoms with E-state index in [0.717, 1.165) is 30.9 Å². The van der Waals surface area contributed by atoms with Crippen molar-refractivity contribution >= 4 is 5.69 Å². The number of likely N-dealkylation sites (N-methyl/N-ethyl adjacent to an activating group) is 1. The molecule has 0 unspecified atom stereocenters. The average Bonchev–Trinajstić information content (AvgIpc) is 3.03. The first kappa shape index (κ1) is 9.97. The second-order valence-electron chi connectivity index (χ2n) is 4.96. The number of hydrogen-bond donors (Lipinski definition) is 1. The second-order valence-corrected chi connectivity index (χ2v) is 4.96. The van der Waals surface area contributed by atoms with E-state index >= 15 is 0 Å². The molecule has 1 fully saturated rings. The Morgan fingerprint density at radius 1 is 1.31 bits per heavy atom. The summed E-state index contributed by atoms with van der Waals surface area (Å²) >= 11 is 0. The van der Waals surface area contributed by atoms with Crippen molar-refractivity contribution in [2.24, 2.45) is 0 Å². The molecule has 0 amide bonds. The maximum Gasteiger partial charge on any atom is 0.142 e. The lowest BCUT2D eigenvalue weighted by Gasteiger charge is -2.26. The Morgan fingerprint density at radius 3 is 2.88 bits per heavy atom. The topological polar surface area (TPSA) is 38.5 Å². The van der Waals surface area contributed by atoms with Gasteiger partial charge in [-0.2, -0.15) is 0 Å². The highest BCUT2D eigenvalue weighted by molar-refractivity contribution is 5.57. The van der Waals surface area contributed by atoms with Gasteiger partial charge in [0.05, 0.1) is 11.8 Å². The maximum absolute atomic E-state index is 6.02. The minimum absolute atomic E-state index is 0.423. The summed E-state index contributed by atoms with van der Waals surface area (Å²) in [6.07, 6.45) is 3.89. The monoisotopic (exact) mass is 218 g/mol.